The first kappa shape index (κ1) is 28.5. The third-order valence-corrected chi connectivity index (χ3v) is 8.86. The van der Waals surface area contributed by atoms with E-state index in [0.717, 1.165) is 11.1 Å². The summed E-state index contributed by atoms with van der Waals surface area (Å²) < 4.78 is 13.9. The number of aryl methyl sites for hydroxylation is 1. The van der Waals surface area contributed by atoms with E-state index in [1.165, 1.54) is 11.2 Å². The summed E-state index contributed by atoms with van der Waals surface area (Å²) in [5.41, 5.74) is 2.76. The minimum absolute atomic E-state index is 0.0486. The molecule has 3 fully saturated rings. The van der Waals surface area contributed by atoms with Crippen LogP contribution in [0.2, 0.25) is 5.02 Å². The van der Waals surface area contributed by atoms with Gasteiger partial charge in [-0.2, -0.15) is 5.10 Å². The molecule has 3 aromatic rings. The van der Waals surface area contributed by atoms with Gasteiger partial charge in [-0.25, -0.2) is 14.3 Å². The molecule has 6 rings (SSSR count). The molecule has 2 aromatic heterocycles. The Labute approximate surface area is 249 Å². The minimum Gasteiger partial charge on any atom is -0.488 e. The number of benzene rings is 1. The summed E-state index contributed by atoms with van der Waals surface area (Å²) in [6, 6.07) is 5.50. The average Bonchev–Trinajstić information content (AvgIpc) is 3.21. The number of piperidine rings is 1. The highest BCUT2D eigenvalue weighted by atomic mass is 35.5. The number of carbonyl (C=O) groups excluding carboxylic acids is 3. The van der Waals surface area contributed by atoms with Crippen molar-refractivity contribution in [2.75, 3.05) is 6.54 Å². The molecule has 2 aliphatic heterocycles. The maximum absolute atomic E-state index is 12.9. The number of halogens is 1. The van der Waals surface area contributed by atoms with Crippen molar-refractivity contribution < 1.29 is 23.9 Å². The van der Waals surface area contributed by atoms with Gasteiger partial charge in [0.2, 0.25) is 11.8 Å². The van der Waals surface area contributed by atoms with E-state index in [-0.39, 0.29) is 53.8 Å². The summed E-state index contributed by atoms with van der Waals surface area (Å²) in [7, 11) is 0. The van der Waals surface area contributed by atoms with Gasteiger partial charge in [-0.15, -0.1) is 0 Å². The van der Waals surface area contributed by atoms with Crippen LogP contribution < -0.4 is 4.74 Å². The van der Waals surface area contributed by atoms with Crippen molar-refractivity contribution in [2.24, 2.45) is 17.3 Å². The van der Waals surface area contributed by atoms with Crippen LogP contribution in [0.4, 0.5) is 4.79 Å². The van der Waals surface area contributed by atoms with Crippen molar-refractivity contribution in [2.45, 2.75) is 79.2 Å². The molecule has 4 heterocycles. The van der Waals surface area contributed by atoms with Gasteiger partial charge in [0.1, 0.15) is 29.5 Å². The lowest BCUT2D eigenvalue weighted by atomic mass is 10.0. The number of likely N-dealkylation sites (tertiary alicyclic amines) is 2. The molecule has 4 atom stereocenters. The third-order valence-electron chi connectivity index (χ3n) is 8.64. The Bertz CT molecular complexity index is 1600. The fourth-order valence-corrected chi connectivity index (χ4v) is 6.76. The number of hydrogen-bond donors (Lipinski definition) is 0. The lowest BCUT2D eigenvalue weighted by Crippen LogP contribution is -2.39. The number of amides is 3. The van der Waals surface area contributed by atoms with Crippen molar-refractivity contribution in [3.63, 3.8) is 0 Å². The van der Waals surface area contributed by atoms with Crippen LogP contribution in [0, 0.1) is 24.2 Å². The summed E-state index contributed by atoms with van der Waals surface area (Å²) in [6.07, 6.45) is 3.30. The van der Waals surface area contributed by atoms with Gasteiger partial charge in [0.15, 0.2) is 0 Å². The predicted molar refractivity (Wildman–Crippen MR) is 156 cm³/mol. The fourth-order valence-electron chi connectivity index (χ4n) is 6.49. The van der Waals surface area contributed by atoms with E-state index in [1.807, 2.05) is 72.9 Å². The second-order valence-electron chi connectivity index (χ2n) is 13.4. The Morgan fingerprint density at radius 3 is 2.50 bits per heavy atom. The van der Waals surface area contributed by atoms with Gasteiger partial charge < -0.3 is 14.4 Å². The van der Waals surface area contributed by atoms with Crippen LogP contribution in [0.25, 0.3) is 16.8 Å². The largest absolute Gasteiger partial charge is 0.488 e. The highest BCUT2D eigenvalue weighted by molar-refractivity contribution is 6.31. The number of ether oxygens (including phenoxy) is 2. The molecule has 0 N–H and O–H groups in total. The van der Waals surface area contributed by atoms with Crippen LogP contribution in [-0.4, -0.2) is 66.6 Å². The van der Waals surface area contributed by atoms with Crippen LogP contribution in [0.3, 0.4) is 0 Å². The van der Waals surface area contributed by atoms with E-state index < -0.39 is 5.60 Å². The van der Waals surface area contributed by atoms with E-state index in [0.29, 0.717) is 40.5 Å². The van der Waals surface area contributed by atoms with Crippen LogP contribution >= 0.6 is 11.6 Å². The van der Waals surface area contributed by atoms with Gasteiger partial charge in [0.05, 0.1) is 30.4 Å². The number of fused-ring (bicyclic) bond motifs is 2. The molecular weight excluding hydrogens is 558 g/mol. The molecule has 1 aromatic carbocycles. The summed E-state index contributed by atoms with van der Waals surface area (Å²) in [6.45, 7) is 14.0. The van der Waals surface area contributed by atoms with Gasteiger partial charge in [-0.1, -0.05) is 25.4 Å². The number of imide groups is 1. The SMILES string of the molecule is Cc1cc(Cl)cc(-c2ncnn3cc(CN4C(=O)C5C(C4=O)C5(C)C)cc23)c1O[C@H]1C[C@H](C)N(C(=O)OC(C)(C)C)C1. The Hall–Kier alpha value is -3.66. The number of rotatable bonds is 5. The second kappa shape index (κ2) is 9.69. The van der Waals surface area contributed by atoms with Crippen molar-refractivity contribution in [3.8, 4) is 17.0 Å². The topological polar surface area (TPSA) is 106 Å². The molecular formula is C31H36ClN5O5. The van der Waals surface area contributed by atoms with Crippen molar-refractivity contribution in [1.29, 1.82) is 0 Å². The second-order valence-corrected chi connectivity index (χ2v) is 13.8. The van der Waals surface area contributed by atoms with Crippen molar-refractivity contribution >= 4 is 35.0 Å². The molecule has 11 heteroatoms. The lowest BCUT2D eigenvalue weighted by Gasteiger charge is -2.26. The molecule has 1 aliphatic carbocycles. The van der Waals surface area contributed by atoms with E-state index in [1.54, 1.807) is 9.42 Å². The lowest BCUT2D eigenvalue weighted by molar-refractivity contribution is -0.143. The molecule has 2 unspecified atom stereocenters. The first-order valence-electron chi connectivity index (χ1n) is 14.3. The molecule has 3 aliphatic rings. The Morgan fingerprint density at radius 2 is 1.83 bits per heavy atom. The molecule has 10 nitrogen and oxygen atoms in total. The van der Waals surface area contributed by atoms with E-state index in [2.05, 4.69) is 10.1 Å². The van der Waals surface area contributed by atoms with Crippen LogP contribution in [-0.2, 0) is 20.9 Å². The van der Waals surface area contributed by atoms with Gasteiger partial charge in [0.25, 0.3) is 0 Å². The normalized spacial score (nSPS) is 24.9. The maximum Gasteiger partial charge on any atom is 0.410 e. The average molecular weight is 594 g/mol. The summed E-state index contributed by atoms with van der Waals surface area (Å²) in [4.78, 5) is 46.3. The van der Waals surface area contributed by atoms with E-state index in [4.69, 9.17) is 21.1 Å². The van der Waals surface area contributed by atoms with E-state index in [9.17, 15) is 14.4 Å². The highest BCUT2D eigenvalue weighted by Gasteiger charge is 2.72. The van der Waals surface area contributed by atoms with E-state index >= 15 is 0 Å². The van der Waals surface area contributed by atoms with Crippen molar-refractivity contribution in [3.05, 3.63) is 46.9 Å². The standard InChI is InChI=1S/C31H36ClN5O5/c1-16-8-19(32)11-21(26(16)41-20-9-17(2)35(14-20)29(40)42-30(3,4)5)25-22-10-18(13-37(22)34-15-33-25)12-36-27(38)23-24(28(36)39)31(23,6)7/h8,10-11,13,15,17,20,23-24H,9,12,14H2,1-7H3/t17-,20-,23?,24?/m0/s1. The van der Waals surface area contributed by atoms with Gasteiger partial charge in [0, 0.05) is 29.2 Å². The zero-order valence-corrected chi connectivity index (χ0v) is 25.7. The predicted octanol–water partition coefficient (Wildman–Crippen LogP) is 5.28. The van der Waals surface area contributed by atoms with Crippen molar-refractivity contribution in [1.82, 2.24) is 24.4 Å². The molecule has 222 valence electrons. The number of hydrogen-bond acceptors (Lipinski definition) is 7. The third kappa shape index (κ3) is 4.79. The first-order chi connectivity index (χ1) is 19.7. The summed E-state index contributed by atoms with van der Waals surface area (Å²) in [5, 5.41) is 4.91. The Morgan fingerprint density at radius 1 is 1.14 bits per heavy atom. The molecule has 0 bridgehead atoms. The number of aromatic nitrogens is 3. The monoisotopic (exact) mass is 593 g/mol. The first-order valence-corrected chi connectivity index (χ1v) is 14.7. The summed E-state index contributed by atoms with van der Waals surface area (Å²) >= 11 is 6.52. The molecule has 0 radical (unpaired) electrons. The zero-order valence-electron chi connectivity index (χ0n) is 25.0. The van der Waals surface area contributed by atoms with Gasteiger partial charge >= 0.3 is 6.09 Å². The Balaban J connectivity index is 1.28. The maximum atomic E-state index is 12.9. The quantitative estimate of drug-likeness (QED) is 0.371. The van der Waals surface area contributed by atoms with Gasteiger partial charge in [-0.3, -0.25) is 14.5 Å². The number of carbonyl (C=O) groups is 3. The highest BCUT2D eigenvalue weighted by Crippen LogP contribution is 2.63. The number of nitrogens with zero attached hydrogens (tertiary/aromatic N) is 5. The minimum atomic E-state index is -0.587. The zero-order chi connectivity index (χ0) is 30.3. The smallest absolute Gasteiger partial charge is 0.410 e. The fraction of sp³-hybridized carbons (Fsp3) is 0.516. The summed E-state index contributed by atoms with van der Waals surface area (Å²) in [5.74, 6) is -0.0433. The van der Waals surface area contributed by atoms with Crippen LogP contribution in [0.5, 0.6) is 5.75 Å². The molecule has 0 spiro atoms. The molecule has 42 heavy (non-hydrogen) atoms. The Kier molecular flexibility index (Phi) is 6.57. The molecule has 3 amide bonds. The van der Waals surface area contributed by atoms with Gasteiger partial charge in [-0.05, 0) is 69.4 Å². The molecule has 1 saturated carbocycles. The van der Waals surface area contributed by atoms with Crippen LogP contribution in [0.15, 0.2) is 30.7 Å². The molecule has 2 saturated heterocycles. The van der Waals surface area contributed by atoms with Crippen LogP contribution in [0.1, 0.15) is 59.1 Å².